The monoisotopic (exact) mass is 368 g/mol. The van der Waals surface area contributed by atoms with E-state index in [9.17, 15) is 4.79 Å². The average Bonchev–Trinajstić information content (AvgIpc) is 2.68. The maximum absolute atomic E-state index is 10.9. The van der Waals surface area contributed by atoms with Gasteiger partial charge < -0.3 is 15.1 Å². The van der Waals surface area contributed by atoms with E-state index in [2.05, 4.69) is 71.3 Å². The summed E-state index contributed by atoms with van der Waals surface area (Å²) in [6.07, 6.45) is 2.58. The Kier molecular flexibility index (Phi) is 5.88. The molecule has 1 aromatic carbocycles. The Hall–Kier alpha value is -2.70. The molecule has 1 aliphatic heterocycles. The number of carbonyl (C=O) groups excluding carboxylic acids is 1. The third-order valence-corrected chi connectivity index (χ3v) is 4.94. The topological polar surface area (TPSA) is 74.2 Å². The SMILES string of the molecule is CC(C)c1cccc(C(C)C)c1Nc1nncc(N2CCN(C=O)CC2)n1. The minimum absolute atomic E-state index is 0.388. The number of amides is 1. The first kappa shape index (κ1) is 19.1. The van der Waals surface area contributed by atoms with Crippen molar-refractivity contribution in [1.82, 2.24) is 20.1 Å². The first-order valence-corrected chi connectivity index (χ1v) is 9.53. The van der Waals surface area contributed by atoms with Crippen LogP contribution in [0.5, 0.6) is 0 Å². The zero-order valence-electron chi connectivity index (χ0n) is 16.5. The molecule has 2 heterocycles. The van der Waals surface area contributed by atoms with Crippen LogP contribution in [0.15, 0.2) is 24.4 Å². The minimum Gasteiger partial charge on any atom is -0.352 e. The first-order valence-electron chi connectivity index (χ1n) is 9.53. The summed E-state index contributed by atoms with van der Waals surface area (Å²) >= 11 is 0. The molecule has 144 valence electrons. The zero-order valence-corrected chi connectivity index (χ0v) is 16.5. The molecule has 1 N–H and O–H groups in total. The van der Waals surface area contributed by atoms with Gasteiger partial charge in [-0.3, -0.25) is 4.79 Å². The number of para-hydroxylation sites is 1. The largest absolute Gasteiger partial charge is 0.352 e. The second-order valence-electron chi connectivity index (χ2n) is 7.51. The number of piperazine rings is 1. The number of carbonyl (C=O) groups is 1. The number of nitrogens with zero attached hydrogens (tertiary/aromatic N) is 5. The normalized spacial score (nSPS) is 14.7. The average molecular weight is 368 g/mol. The van der Waals surface area contributed by atoms with E-state index in [1.54, 1.807) is 11.1 Å². The summed E-state index contributed by atoms with van der Waals surface area (Å²) in [6.45, 7) is 11.6. The van der Waals surface area contributed by atoms with Gasteiger partial charge in [-0.1, -0.05) is 45.9 Å². The van der Waals surface area contributed by atoms with Gasteiger partial charge in [0.05, 0.1) is 6.20 Å². The van der Waals surface area contributed by atoms with Crippen molar-refractivity contribution in [2.45, 2.75) is 39.5 Å². The lowest BCUT2D eigenvalue weighted by Crippen LogP contribution is -2.46. The molecule has 0 spiro atoms. The summed E-state index contributed by atoms with van der Waals surface area (Å²) in [5, 5.41) is 11.8. The lowest BCUT2D eigenvalue weighted by molar-refractivity contribution is -0.118. The maximum Gasteiger partial charge on any atom is 0.249 e. The molecule has 0 unspecified atom stereocenters. The highest BCUT2D eigenvalue weighted by Crippen LogP contribution is 2.33. The van der Waals surface area contributed by atoms with Crippen molar-refractivity contribution in [2.75, 3.05) is 36.4 Å². The molecule has 0 saturated carbocycles. The summed E-state index contributed by atoms with van der Waals surface area (Å²) < 4.78 is 0. The van der Waals surface area contributed by atoms with Gasteiger partial charge in [0, 0.05) is 31.9 Å². The molecule has 2 aromatic rings. The van der Waals surface area contributed by atoms with Gasteiger partial charge in [-0.25, -0.2) is 0 Å². The van der Waals surface area contributed by atoms with Crippen molar-refractivity contribution < 1.29 is 4.79 Å². The summed E-state index contributed by atoms with van der Waals surface area (Å²) in [7, 11) is 0. The summed E-state index contributed by atoms with van der Waals surface area (Å²) in [4.78, 5) is 19.5. The van der Waals surface area contributed by atoms with Crippen LogP contribution in [-0.4, -0.2) is 52.7 Å². The van der Waals surface area contributed by atoms with Crippen molar-refractivity contribution >= 4 is 23.9 Å². The fourth-order valence-corrected chi connectivity index (χ4v) is 3.36. The van der Waals surface area contributed by atoms with Gasteiger partial charge in [0.1, 0.15) is 0 Å². The standard InChI is InChI=1S/C20H28N6O/c1-14(2)16-6-5-7-17(15(3)4)19(16)23-20-22-18(12-21-24-20)26-10-8-25(13-27)9-11-26/h5-7,12-15H,8-11H2,1-4H3,(H,22,23,24). The minimum atomic E-state index is 0.388. The number of hydrogen-bond acceptors (Lipinski definition) is 6. The van der Waals surface area contributed by atoms with Crippen molar-refractivity contribution in [3.8, 4) is 0 Å². The van der Waals surface area contributed by atoms with Crippen LogP contribution < -0.4 is 10.2 Å². The van der Waals surface area contributed by atoms with E-state index in [-0.39, 0.29) is 0 Å². The number of nitrogens with one attached hydrogen (secondary N) is 1. The van der Waals surface area contributed by atoms with Crippen LogP contribution in [0.1, 0.15) is 50.7 Å². The highest BCUT2D eigenvalue weighted by Gasteiger charge is 2.19. The number of aromatic nitrogens is 3. The van der Waals surface area contributed by atoms with E-state index in [0.717, 1.165) is 31.0 Å². The highest BCUT2D eigenvalue weighted by molar-refractivity contribution is 5.65. The fourth-order valence-electron chi connectivity index (χ4n) is 3.36. The Bertz CT molecular complexity index is 758. The zero-order chi connectivity index (χ0) is 19.4. The summed E-state index contributed by atoms with van der Waals surface area (Å²) in [6, 6.07) is 6.40. The summed E-state index contributed by atoms with van der Waals surface area (Å²) in [5.41, 5.74) is 3.57. The molecule has 1 aromatic heterocycles. The van der Waals surface area contributed by atoms with Gasteiger partial charge in [0.25, 0.3) is 0 Å². The maximum atomic E-state index is 10.9. The highest BCUT2D eigenvalue weighted by atomic mass is 16.1. The molecule has 1 aliphatic rings. The van der Waals surface area contributed by atoms with Crippen LogP contribution in [0.3, 0.4) is 0 Å². The number of benzene rings is 1. The van der Waals surface area contributed by atoms with E-state index in [0.29, 0.717) is 30.9 Å². The van der Waals surface area contributed by atoms with Crippen molar-refractivity contribution in [1.29, 1.82) is 0 Å². The molecule has 7 nitrogen and oxygen atoms in total. The molecule has 7 heteroatoms. The van der Waals surface area contributed by atoms with Crippen LogP contribution in [0.4, 0.5) is 17.5 Å². The lowest BCUT2D eigenvalue weighted by atomic mass is 9.93. The van der Waals surface area contributed by atoms with E-state index < -0.39 is 0 Å². The predicted molar refractivity (Wildman–Crippen MR) is 108 cm³/mol. The van der Waals surface area contributed by atoms with Gasteiger partial charge >= 0.3 is 0 Å². The van der Waals surface area contributed by atoms with Crippen LogP contribution in [-0.2, 0) is 4.79 Å². The number of rotatable bonds is 6. The predicted octanol–water partition coefficient (Wildman–Crippen LogP) is 3.14. The van der Waals surface area contributed by atoms with Crippen LogP contribution >= 0.6 is 0 Å². The molecule has 1 saturated heterocycles. The van der Waals surface area contributed by atoms with Gasteiger partial charge in [0.15, 0.2) is 5.82 Å². The Labute approximate surface area is 160 Å². The second-order valence-corrected chi connectivity index (χ2v) is 7.51. The Balaban J connectivity index is 1.86. The molecule has 0 radical (unpaired) electrons. The quantitative estimate of drug-likeness (QED) is 0.790. The lowest BCUT2D eigenvalue weighted by Gasteiger charge is -2.33. The van der Waals surface area contributed by atoms with E-state index in [1.165, 1.54) is 11.1 Å². The van der Waals surface area contributed by atoms with E-state index >= 15 is 0 Å². The van der Waals surface area contributed by atoms with Crippen molar-refractivity contribution in [3.05, 3.63) is 35.5 Å². The van der Waals surface area contributed by atoms with Crippen LogP contribution in [0, 0.1) is 0 Å². The Morgan fingerprint density at radius 3 is 2.22 bits per heavy atom. The van der Waals surface area contributed by atoms with Gasteiger partial charge in [-0.15, -0.1) is 5.10 Å². The summed E-state index contributed by atoms with van der Waals surface area (Å²) in [5.74, 6) is 2.06. The van der Waals surface area contributed by atoms with Gasteiger partial charge in [0.2, 0.25) is 12.4 Å². The third-order valence-electron chi connectivity index (χ3n) is 4.94. The van der Waals surface area contributed by atoms with E-state index in [4.69, 9.17) is 0 Å². The first-order chi connectivity index (χ1) is 13.0. The fraction of sp³-hybridized carbons (Fsp3) is 0.500. The van der Waals surface area contributed by atoms with Crippen molar-refractivity contribution in [2.24, 2.45) is 0 Å². The molecular weight excluding hydrogens is 340 g/mol. The van der Waals surface area contributed by atoms with E-state index in [1.807, 2.05) is 0 Å². The van der Waals surface area contributed by atoms with Crippen molar-refractivity contribution in [3.63, 3.8) is 0 Å². The number of hydrogen-bond donors (Lipinski definition) is 1. The van der Waals surface area contributed by atoms with Gasteiger partial charge in [-0.2, -0.15) is 10.1 Å². The Morgan fingerprint density at radius 1 is 1.04 bits per heavy atom. The van der Waals surface area contributed by atoms with Gasteiger partial charge in [-0.05, 0) is 23.0 Å². The molecular formula is C20H28N6O. The number of anilines is 3. The smallest absolute Gasteiger partial charge is 0.249 e. The Morgan fingerprint density at radius 2 is 1.67 bits per heavy atom. The second kappa shape index (κ2) is 8.33. The van der Waals surface area contributed by atoms with Crippen LogP contribution in [0.25, 0.3) is 0 Å². The molecule has 3 rings (SSSR count). The molecule has 27 heavy (non-hydrogen) atoms. The molecule has 0 bridgehead atoms. The molecule has 0 aliphatic carbocycles. The third kappa shape index (κ3) is 4.35. The molecule has 1 fully saturated rings. The van der Waals surface area contributed by atoms with Crippen LogP contribution in [0.2, 0.25) is 0 Å². The molecule has 0 atom stereocenters. The molecule has 1 amide bonds.